The van der Waals surface area contributed by atoms with Crippen LogP contribution in [0.1, 0.15) is 22.3 Å². The summed E-state index contributed by atoms with van der Waals surface area (Å²) in [6.45, 7) is 2.07. The molecule has 3 heterocycles. The standard InChI is InChI=1S/C29H26ClN3O5/c1-15-11-18-25(19(30)12-15)31-28(38)29(18)24-23(20(32-29)13-17-7-8-21(34)22(35)14-17)26(36)33(27(24)37)10-9-16-5-3-2-4-6-16/h2-8,11-12,14,20,23-24,32,34-35H,9-10,13H2,1H3,(H,31,38). The maximum atomic E-state index is 14.0. The molecule has 3 aliphatic heterocycles. The van der Waals surface area contributed by atoms with Crippen molar-refractivity contribution in [1.29, 1.82) is 0 Å². The van der Waals surface area contributed by atoms with Crippen molar-refractivity contribution in [3.63, 3.8) is 0 Å². The monoisotopic (exact) mass is 531 g/mol. The third-order valence-corrected chi connectivity index (χ3v) is 8.27. The summed E-state index contributed by atoms with van der Waals surface area (Å²) in [7, 11) is 0. The highest BCUT2D eigenvalue weighted by molar-refractivity contribution is 6.35. The lowest BCUT2D eigenvalue weighted by Gasteiger charge is -2.30. The van der Waals surface area contributed by atoms with E-state index in [9.17, 15) is 24.6 Å². The maximum Gasteiger partial charge on any atom is 0.250 e. The average Bonchev–Trinajstić information content (AvgIpc) is 3.46. The van der Waals surface area contributed by atoms with Gasteiger partial charge < -0.3 is 15.5 Å². The molecule has 194 valence electrons. The van der Waals surface area contributed by atoms with Crippen LogP contribution in [0, 0.1) is 18.8 Å². The van der Waals surface area contributed by atoms with Crippen LogP contribution >= 0.6 is 11.6 Å². The molecule has 0 saturated carbocycles. The fourth-order valence-corrected chi connectivity index (χ4v) is 6.61. The van der Waals surface area contributed by atoms with Gasteiger partial charge in [0.25, 0.3) is 0 Å². The van der Waals surface area contributed by atoms with Gasteiger partial charge in [-0.25, -0.2) is 0 Å². The van der Waals surface area contributed by atoms with Gasteiger partial charge in [0.05, 0.1) is 22.5 Å². The number of hydrogen-bond donors (Lipinski definition) is 4. The summed E-state index contributed by atoms with van der Waals surface area (Å²) in [4.78, 5) is 42.8. The molecule has 3 aromatic carbocycles. The van der Waals surface area contributed by atoms with Crippen LogP contribution in [0.5, 0.6) is 11.5 Å². The van der Waals surface area contributed by atoms with Gasteiger partial charge in [0.15, 0.2) is 11.5 Å². The van der Waals surface area contributed by atoms with E-state index in [-0.39, 0.29) is 36.3 Å². The molecule has 2 fully saturated rings. The number of phenolic OH excluding ortho intramolecular Hbond substituents is 2. The van der Waals surface area contributed by atoms with Crippen LogP contribution in [-0.4, -0.2) is 45.4 Å². The molecule has 1 spiro atoms. The van der Waals surface area contributed by atoms with Crippen LogP contribution in [0.25, 0.3) is 0 Å². The molecule has 9 heteroatoms. The number of imide groups is 1. The van der Waals surface area contributed by atoms with E-state index in [0.717, 1.165) is 11.1 Å². The van der Waals surface area contributed by atoms with Gasteiger partial charge in [-0.15, -0.1) is 0 Å². The SMILES string of the molecule is Cc1cc(Cl)c2c(c1)C1(NC(Cc3ccc(O)c(O)c3)C3C(=O)N(CCc4ccccc4)C(=O)C31)C(=O)N2. The van der Waals surface area contributed by atoms with Gasteiger partial charge in [-0.05, 0) is 54.7 Å². The van der Waals surface area contributed by atoms with E-state index < -0.39 is 29.3 Å². The van der Waals surface area contributed by atoms with Crippen molar-refractivity contribution in [2.45, 2.75) is 31.3 Å². The Balaban J connectivity index is 1.42. The summed E-state index contributed by atoms with van der Waals surface area (Å²) in [6.07, 6.45) is 0.757. The number of aryl methyl sites for hydroxylation is 1. The summed E-state index contributed by atoms with van der Waals surface area (Å²) in [5.74, 6) is -3.43. The number of fused-ring (bicyclic) bond motifs is 4. The first-order valence-corrected chi connectivity index (χ1v) is 12.9. The zero-order valence-electron chi connectivity index (χ0n) is 20.6. The fourth-order valence-electron chi connectivity index (χ4n) is 6.28. The van der Waals surface area contributed by atoms with Gasteiger partial charge in [0, 0.05) is 18.2 Å². The predicted molar refractivity (Wildman–Crippen MR) is 141 cm³/mol. The van der Waals surface area contributed by atoms with Crippen LogP contribution in [0.2, 0.25) is 5.02 Å². The van der Waals surface area contributed by atoms with E-state index in [1.54, 1.807) is 12.1 Å². The van der Waals surface area contributed by atoms with E-state index in [0.29, 0.717) is 28.3 Å². The fraction of sp³-hybridized carbons (Fsp3) is 0.276. The van der Waals surface area contributed by atoms with E-state index in [1.165, 1.54) is 17.0 Å². The topological polar surface area (TPSA) is 119 Å². The normalized spacial score (nSPS) is 25.7. The first-order chi connectivity index (χ1) is 18.2. The Morgan fingerprint density at radius 1 is 0.947 bits per heavy atom. The Bertz CT molecular complexity index is 1490. The first kappa shape index (κ1) is 24.5. The molecule has 3 amide bonds. The zero-order chi connectivity index (χ0) is 26.8. The second-order valence-corrected chi connectivity index (χ2v) is 10.7. The van der Waals surface area contributed by atoms with Crippen molar-refractivity contribution >= 4 is 35.0 Å². The van der Waals surface area contributed by atoms with Crippen LogP contribution < -0.4 is 10.6 Å². The number of nitrogens with zero attached hydrogens (tertiary/aromatic N) is 1. The number of likely N-dealkylation sites (tertiary alicyclic amines) is 1. The van der Waals surface area contributed by atoms with Gasteiger partial charge >= 0.3 is 0 Å². The molecule has 2 saturated heterocycles. The van der Waals surface area contributed by atoms with Gasteiger partial charge in [0.1, 0.15) is 5.54 Å². The molecule has 38 heavy (non-hydrogen) atoms. The highest BCUT2D eigenvalue weighted by Crippen LogP contribution is 2.54. The minimum Gasteiger partial charge on any atom is -0.504 e. The second-order valence-electron chi connectivity index (χ2n) is 10.3. The van der Waals surface area contributed by atoms with Gasteiger partial charge in [-0.1, -0.05) is 54.1 Å². The number of halogens is 1. The molecule has 4 N–H and O–H groups in total. The molecule has 8 nitrogen and oxygen atoms in total. The summed E-state index contributed by atoms with van der Waals surface area (Å²) in [5, 5.41) is 26.4. The second kappa shape index (κ2) is 8.85. The van der Waals surface area contributed by atoms with Crippen molar-refractivity contribution in [3.05, 3.63) is 87.9 Å². The van der Waals surface area contributed by atoms with Crippen molar-refractivity contribution in [2.75, 3.05) is 11.9 Å². The molecule has 4 atom stereocenters. The Morgan fingerprint density at radius 3 is 2.45 bits per heavy atom. The van der Waals surface area contributed by atoms with Crippen molar-refractivity contribution in [3.8, 4) is 11.5 Å². The Morgan fingerprint density at radius 2 is 1.71 bits per heavy atom. The number of rotatable bonds is 5. The van der Waals surface area contributed by atoms with Gasteiger partial charge in [0.2, 0.25) is 17.7 Å². The van der Waals surface area contributed by atoms with E-state index >= 15 is 0 Å². The molecule has 6 rings (SSSR count). The lowest BCUT2D eigenvalue weighted by atomic mass is 9.76. The molecule has 0 radical (unpaired) electrons. The number of benzene rings is 3. The molecule has 4 unspecified atom stereocenters. The molecular weight excluding hydrogens is 506 g/mol. The number of anilines is 1. The molecule has 0 bridgehead atoms. The molecule has 0 aliphatic carbocycles. The van der Waals surface area contributed by atoms with Crippen LogP contribution in [0.15, 0.2) is 60.7 Å². The number of phenols is 2. The smallest absolute Gasteiger partial charge is 0.250 e. The summed E-state index contributed by atoms with van der Waals surface area (Å²) in [6, 6.07) is 17.1. The number of amides is 3. The van der Waals surface area contributed by atoms with Crippen LogP contribution in [0.3, 0.4) is 0 Å². The third-order valence-electron chi connectivity index (χ3n) is 7.97. The maximum absolute atomic E-state index is 14.0. The number of aromatic hydroxyl groups is 2. The molecule has 0 aromatic heterocycles. The van der Waals surface area contributed by atoms with E-state index in [4.69, 9.17) is 11.6 Å². The quantitative estimate of drug-likeness (QED) is 0.296. The summed E-state index contributed by atoms with van der Waals surface area (Å²) in [5.41, 5.74) is 2.02. The molecule has 3 aliphatic rings. The van der Waals surface area contributed by atoms with Gasteiger partial charge in [-0.3, -0.25) is 24.6 Å². The number of hydrogen-bond acceptors (Lipinski definition) is 6. The number of nitrogens with one attached hydrogen (secondary N) is 2. The average molecular weight is 532 g/mol. The largest absolute Gasteiger partial charge is 0.504 e. The van der Waals surface area contributed by atoms with Crippen LogP contribution in [-0.2, 0) is 32.8 Å². The van der Waals surface area contributed by atoms with E-state index in [1.807, 2.05) is 43.3 Å². The first-order valence-electron chi connectivity index (χ1n) is 12.5. The third kappa shape index (κ3) is 3.59. The Labute approximate surface area is 224 Å². The van der Waals surface area contributed by atoms with Crippen molar-refractivity contribution in [2.24, 2.45) is 11.8 Å². The number of carbonyl (C=O) groups excluding carboxylic acids is 3. The zero-order valence-corrected chi connectivity index (χ0v) is 21.3. The highest BCUT2D eigenvalue weighted by Gasteiger charge is 2.70. The van der Waals surface area contributed by atoms with E-state index in [2.05, 4.69) is 10.6 Å². The lowest BCUT2D eigenvalue weighted by Crippen LogP contribution is -2.53. The molecular formula is C29H26ClN3O5. The number of carbonyl (C=O) groups is 3. The predicted octanol–water partition coefficient (Wildman–Crippen LogP) is 3.27. The van der Waals surface area contributed by atoms with Gasteiger partial charge in [-0.2, -0.15) is 0 Å². The Kier molecular flexibility index (Phi) is 5.70. The van der Waals surface area contributed by atoms with Crippen LogP contribution in [0.4, 0.5) is 5.69 Å². The van der Waals surface area contributed by atoms with Crippen molar-refractivity contribution in [1.82, 2.24) is 10.2 Å². The minimum atomic E-state index is -1.46. The summed E-state index contributed by atoms with van der Waals surface area (Å²) < 4.78 is 0. The minimum absolute atomic E-state index is 0.209. The van der Waals surface area contributed by atoms with Crippen molar-refractivity contribution < 1.29 is 24.6 Å². The summed E-state index contributed by atoms with van der Waals surface area (Å²) >= 11 is 6.50. The Hall–Kier alpha value is -3.88. The molecule has 3 aromatic rings. The highest BCUT2D eigenvalue weighted by atomic mass is 35.5. The lowest BCUT2D eigenvalue weighted by molar-refractivity contribution is -0.142.